The fourth-order valence-corrected chi connectivity index (χ4v) is 2.19. The lowest BCUT2D eigenvalue weighted by molar-refractivity contribution is -0.123. The number of hydrogen-bond acceptors (Lipinski definition) is 3. The molecule has 2 rings (SSSR count). The Labute approximate surface area is 149 Å². The van der Waals surface area contributed by atoms with Crippen molar-refractivity contribution in [2.24, 2.45) is 5.10 Å². The number of hydrogen-bond donors (Lipinski definition) is 1. The first-order valence-electron chi connectivity index (χ1n) is 8.32. The zero-order valence-corrected chi connectivity index (χ0v) is 14.9. The van der Waals surface area contributed by atoms with Gasteiger partial charge in [0.25, 0.3) is 5.91 Å². The normalized spacial score (nSPS) is 11.8. The quantitative estimate of drug-likeness (QED) is 0.602. The van der Waals surface area contributed by atoms with E-state index >= 15 is 0 Å². The number of rotatable bonds is 7. The van der Waals surface area contributed by atoms with E-state index in [1.807, 2.05) is 67.6 Å². The summed E-state index contributed by atoms with van der Waals surface area (Å²) in [5.74, 6) is 0.847. The van der Waals surface area contributed by atoms with Crippen LogP contribution < -0.4 is 10.2 Å². The van der Waals surface area contributed by atoms with E-state index in [1.54, 1.807) is 6.21 Å². The number of benzene rings is 2. The summed E-state index contributed by atoms with van der Waals surface area (Å²) < 4.78 is 5.46. The number of nitrogens with zero attached hydrogens (tertiary/aromatic N) is 1. The lowest BCUT2D eigenvalue weighted by Crippen LogP contribution is -2.24. The van der Waals surface area contributed by atoms with Gasteiger partial charge in [0.2, 0.25) is 0 Å². The summed E-state index contributed by atoms with van der Waals surface area (Å²) in [4.78, 5) is 11.8. The molecule has 0 fully saturated rings. The van der Waals surface area contributed by atoms with Gasteiger partial charge >= 0.3 is 0 Å². The molecule has 130 valence electrons. The molecule has 2 aromatic rings. The number of hydrazone groups is 1. The molecule has 0 radical (unpaired) electrons. The van der Waals surface area contributed by atoms with Crippen molar-refractivity contribution in [3.05, 3.63) is 71.3 Å². The highest BCUT2D eigenvalue weighted by molar-refractivity contribution is 5.86. The van der Waals surface area contributed by atoms with Gasteiger partial charge in [0.05, 0.1) is 6.21 Å². The van der Waals surface area contributed by atoms with E-state index in [2.05, 4.69) is 24.4 Å². The second-order valence-electron chi connectivity index (χ2n) is 6.10. The molecule has 1 N–H and O–H groups in total. The third-order valence-electron chi connectivity index (χ3n) is 3.57. The number of ether oxygens (including phenoxy) is 1. The minimum atomic E-state index is -0.295. The Balaban J connectivity index is 1.77. The Morgan fingerprint density at radius 3 is 2.44 bits per heavy atom. The molecule has 0 aliphatic heterocycles. The molecule has 0 atom stereocenters. The first kappa shape index (κ1) is 18.5. The van der Waals surface area contributed by atoms with Crippen molar-refractivity contribution in [1.29, 1.82) is 0 Å². The first-order chi connectivity index (χ1) is 12.0. The van der Waals surface area contributed by atoms with Crippen LogP contribution in [0.1, 0.15) is 37.8 Å². The maximum atomic E-state index is 11.8. The highest BCUT2D eigenvalue weighted by atomic mass is 16.5. The fraction of sp³-hybridized carbons (Fsp3) is 0.238. The van der Waals surface area contributed by atoms with Gasteiger partial charge in [0.1, 0.15) is 5.75 Å². The molecule has 0 heterocycles. The summed E-state index contributed by atoms with van der Waals surface area (Å²) in [7, 11) is 0. The van der Waals surface area contributed by atoms with Crippen molar-refractivity contribution in [2.75, 3.05) is 6.61 Å². The first-order valence-corrected chi connectivity index (χ1v) is 8.32. The molecule has 0 saturated carbocycles. The molecule has 4 nitrogen and oxygen atoms in total. The van der Waals surface area contributed by atoms with E-state index in [4.69, 9.17) is 4.74 Å². The molecule has 0 spiro atoms. The largest absolute Gasteiger partial charge is 0.484 e. The van der Waals surface area contributed by atoms with Gasteiger partial charge in [-0.1, -0.05) is 62.4 Å². The van der Waals surface area contributed by atoms with Crippen molar-refractivity contribution < 1.29 is 9.53 Å². The van der Waals surface area contributed by atoms with E-state index in [-0.39, 0.29) is 12.5 Å². The van der Waals surface area contributed by atoms with E-state index in [0.717, 1.165) is 11.1 Å². The van der Waals surface area contributed by atoms with Gasteiger partial charge in [-0.2, -0.15) is 5.10 Å². The highest BCUT2D eigenvalue weighted by Gasteiger charge is 2.03. The van der Waals surface area contributed by atoms with Crippen LogP contribution in [-0.2, 0) is 4.79 Å². The van der Waals surface area contributed by atoms with E-state index in [9.17, 15) is 4.79 Å². The standard InChI is InChI=1S/C21H24N2O2/c1-16(2)19-9-11-20(12-10-19)25-15-21(24)23-22-14-17(3)13-18-7-5-4-6-8-18/h4-14,16H,15H2,1-3H3,(H,23,24). The van der Waals surface area contributed by atoms with Crippen LogP contribution in [0.25, 0.3) is 6.08 Å². The molecule has 1 amide bonds. The van der Waals surface area contributed by atoms with Crippen molar-refractivity contribution in [3.8, 4) is 5.75 Å². The third kappa shape index (κ3) is 6.63. The van der Waals surface area contributed by atoms with Gasteiger partial charge in [0.15, 0.2) is 6.61 Å². The van der Waals surface area contributed by atoms with Crippen LogP contribution in [0.15, 0.2) is 65.3 Å². The Hall–Kier alpha value is -2.88. The van der Waals surface area contributed by atoms with Crippen LogP contribution in [0.5, 0.6) is 5.75 Å². The van der Waals surface area contributed by atoms with Gasteiger partial charge in [-0.05, 0) is 41.7 Å². The summed E-state index contributed by atoms with van der Waals surface area (Å²) in [6.07, 6.45) is 3.60. The minimum Gasteiger partial charge on any atom is -0.484 e. The molecule has 0 aliphatic rings. The Bertz CT molecular complexity index is 732. The summed E-state index contributed by atoms with van der Waals surface area (Å²) in [6.45, 7) is 6.13. The molecule has 4 heteroatoms. The monoisotopic (exact) mass is 336 g/mol. The van der Waals surface area contributed by atoms with E-state index < -0.39 is 0 Å². The topological polar surface area (TPSA) is 50.7 Å². The number of nitrogens with one attached hydrogen (secondary N) is 1. The summed E-state index contributed by atoms with van der Waals surface area (Å²) in [5, 5.41) is 3.94. The van der Waals surface area contributed by atoms with Crippen LogP contribution in [0.3, 0.4) is 0 Å². The fourth-order valence-electron chi connectivity index (χ4n) is 2.19. The number of allylic oxidation sites excluding steroid dienone is 1. The van der Waals surface area contributed by atoms with Crippen LogP contribution in [0.4, 0.5) is 0 Å². The molecular formula is C21H24N2O2. The van der Waals surface area contributed by atoms with Crippen molar-refractivity contribution in [3.63, 3.8) is 0 Å². The maximum Gasteiger partial charge on any atom is 0.277 e. The van der Waals surface area contributed by atoms with E-state index in [0.29, 0.717) is 11.7 Å². The van der Waals surface area contributed by atoms with Gasteiger partial charge in [-0.15, -0.1) is 0 Å². The number of amides is 1. The second kappa shape index (κ2) is 9.42. The predicted molar refractivity (Wildman–Crippen MR) is 103 cm³/mol. The van der Waals surface area contributed by atoms with Crippen LogP contribution >= 0.6 is 0 Å². The van der Waals surface area contributed by atoms with Crippen molar-refractivity contribution in [1.82, 2.24) is 5.43 Å². The maximum absolute atomic E-state index is 11.8. The molecule has 0 aliphatic carbocycles. The summed E-state index contributed by atoms with van der Waals surface area (Å²) in [5.41, 5.74) is 5.73. The molecule has 2 aromatic carbocycles. The second-order valence-corrected chi connectivity index (χ2v) is 6.10. The van der Waals surface area contributed by atoms with Gasteiger partial charge in [-0.25, -0.2) is 5.43 Å². The lowest BCUT2D eigenvalue weighted by Gasteiger charge is -2.08. The van der Waals surface area contributed by atoms with Crippen LogP contribution in [0, 0.1) is 0 Å². The molecule has 0 unspecified atom stereocenters. The molecule has 25 heavy (non-hydrogen) atoms. The molecule has 0 bridgehead atoms. The van der Waals surface area contributed by atoms with E-state index in [1.165, 1.54) is 5.56 Å². The summed E-state index contributed by atoms with van der Waals surface area (Å²) in [6, 6.07) is 17.7. The predicted octanol–water partition coefficient (Wildman–Crippen LogP) is 4.39. The van der Waals surface area contributed by atoms with Crippen LogP contribution in [-0.4, -0.2) is 18.7 Å². The number of carbonyl (C=O) groups excluding carboxylic acids is 1. The zero-order chi connectivity index (χ0) is 18.1. The SMILES string of the molecule is CC(C=NNC(=O)COc1ccc(C(C)C)cc1)=Cc1ccccc1. The van der Waals surface area contributed by atoms with Crippen LogP contribution in [0.2, 0.25) is 0 Å². The molecule has 0 saturated heterocycles. The Morgan fingerprint density at radius 1 is 1.12 bits per heavy atom. The zero-order valence-electron chi connectivity index (χ0n) is 14.9. The molecule has 0 aromatic heterocycles. The van der Waals surface area contributed by atoms with Gasteiger partial charge < -0.3 is 4.74 Å². The smallest absolute Gasteiger partial charge is 0.277 e. The average Bonchev–Trinajstić information content (AvgIpc) is 2.61. The van der Waals surface area contributed by atoms with Gasteiger partial charge in [0, 0.05) is 0 Å². The average molecular weight is 336 g/mol. The van der Waals surface area contributed by atoms with Gasteiger partial charge in [-0.3, -0.25) is 4.79 Å². The summed E-state index contributed by atoms with van der Waals surface area (Å²) >= 11 is 0. The third-order valence-corrected chi connectivity index (χ3v) is 3.57. The van der Waals surface area contributed by atoms with Crippen molar-refractivity contribution >= 4 is 18.2 Å². The Kier molecular flexibility index (Phi) is 6.96. The molecular weight excluding hydrogens is 312 g/mol. The number of carbonyl (C=O) groups is 1. The van der Waals surface area contributed by atoms with Crippen molar-refractivity contribution in [2.45, 2.75) is 26.7 Å². The highest BCUT2D eigenvalue weighted by Crippen LogP contribution is 2.18. The Morgan fingerprint density at radius 2 is 1.80 bits per heavy atom. The minimum absolute atomic E-state index is 0.0696. The lowest BCUT2D eigenvalue weighted by atomic mass is 10.0.